The Labute approximate surface area is 102 Å². The van der Waals surface area contributed by atoms with Crippen LogP contribution in [0.4, 0.5) is 0 Å². The molecule has 0 spiro atoms. The van der Waals surface area contributed by atoms with Crippen LogP contribution in [0, 0.1) is 0 Å². The van der Waals surface area contributed by atoms with Crippen molar-refractivity contribution in [1.29, 1.82) is 0 Å². The molecule has 0 radical (unpaired) electrons. The summed E-state index contributed by atoms with van der Waals surface area (Å²) in [6.07, 6.45) is 0.648. The van der Waals surface area contributed by atoms with Gasteiger partial charge in [-0.05, 0) is 29.3 Å². The zero-order valence-corrected chi connectivity index (χ0v) is 10.2. The molecule has 90 valence electrons. The molecule has 0 amide bonds. The van der Waals surface area contributed by atoms with Crippen LogP contribution in [0.5, 0.6) is 0 Å². The van der Waals surface area contributed by atoms with Crippen LogP contribution in [-0.4, -0.2) is 18.2 Å². The molecule has 0 aliphatic carbocycles. The van der Waals surface area contributed by atoms with E-state index in [2.05, 4.69) is 30.4 Å². The van der Waals surface area contributed by atoms with E-state index in [1.807, 2.05) is 24.3 Å². The second-order valence-corrected chi connectivity index (χ2v) is 4.29. The highest BCUT2D eigenvalue weighted by Gasteiger charge is 2.09. The molecule has 0 bridgehead atoms. The fourth-order valence-corrected chi connectivity index (χ4v) is 2.07. The van der Waals surface area contributed by atoms with E-state index < -0.39 is 6.10 Å². The standard InChI is InChI=1S/C15H19NO/c1-2-10-16-11-15(17)14-9-5-7-12-6-3-4-8-13(12)14/h3-9,15-17H,2,10-11H2,1H3/t15-/m1/s1. The van der Waals surface area contributed by atoms with Crippen molar-refractivity contribution >= 4 is 10.8 Å². The van der Waals surface area contributed by atoms with Crippen LogP contribution in [0.2, 0.25) is 0 Å². The van der Waals surface area contributed by atoms with Gasteiger partial charge in [0.2, 0.25) is 0 Å². The number of nitrogens with one attached hydrogen (secondary N) is 1. The maximum atomic E-state index is 10.2. The lowest BCUT2D eigenvalue weighted by molar-refractivity contribution is 0.176. The van der Waals surface area contributed by atoms with E-state index in [-0.39, 0.29) is 0 Å². The number of hydrogen-bond donors (Lipinski definition) is 2. The summed E-state index contributed by atoms with van der Waals surface area (Å²) >= 11 is 0. The Kier molecular flexibility index (Phi) is 4.13. The molecule has 0 aliphatic heterocycles. The molecule has 2 N–H and O–H groups in total. The Bertz CT molecular complexity index is 476. The summed E-state index contributed by atoms with van der Waals surface area (Å²) in [6, 6.07) is 14.2. The highest BCUT2D eigenvalue weighted by atomic mass is 16.3. The summed E-state index contributed by atoms with van der Waals surface area (Å²) < 4.78 is 0. The van der Waals surface area contributed by atoms with E-state index in [1.54, 1.807) is 0 Å². The van der Waals surface area contributed by atoms with Crippen LogP contribution in [-0.2, 0) is 0 Å². The molecule has 2 aromatic rings. The van der Waals surface area contributed by atoms with Crippen LogP contribution >= 0.6 is 0 Å². The first-order valence-electron chi connectivity index (χ1n) is 6.19. The van der Waals surface area contributed by atoms with Gasteiger partial charge in [-0.25, -0.2) is 0 Å². The highest BCUT2D eigenvalue weighted by molar-refractivity contribution is 5.85. The van der Waals surface area contributed by atoms with Crippen molar-refractivity contribution in [2.24, 2.45) is 0 Å². The number of benzene rings is 2. The summed E-state index contributed by atoms with van der Waals surface area (Å²) in [7, 11) is 0. The minimum atomic E-state index is -0.437. The maximum Gasteiger partial charge on any atom is 0.0920 e. The number of rotatable bonds is 5. The average molecular weight is 229 g/mol. The van der Waals surface area contributed by atoms with E-state index in [9.17, 15) is 5.11 Å². The van der Waals surface area contributed by atoms with E-state index in [0.29, 0.717) is 6.54 Å². The molecule has 2 aromatic carbocycles. The topological polar surface area (TPSA) is 32.3 Å². The van der Waals surface area contributed by atoms with Gasteiger partial charge in [0.25, 0.3) is 0 Å². The molecule has 0 aliphatic rings. The molecular formula is C15H19NO. The van der Waals surface area contributed by atoms with Gasteiger partial charge in [0.05, 0.1) is 6.10 Å². The van der Waals surface area contributed by atoms with Crippen molar-refractivity contribution in [3.8, 4) is 0 Å². The van der Waals surface area contributed by atoms with Crippen LogP contribution in [0.15, 0.2) is 42.5 Å². The number of aliphatic hydroxyl groups is 1. The van der Waals surface area contributed by atoms with Gasteiger partial charge < -0.3 is 10.4 Å². The summed E-state index contributed by atoms with van der Waals surface area (Å²) in [6.45, 7) is 3.68. The van der Waals surface area contributed by atoms with Crippen molar-refractivity contribution < 1.29 is 5.11 Å². The molecule has 0 unspecified atom stereocenters. The fourth-order valence-electron chi connectivity index (χ4n) is 2.07. The molecule has 0 aromatic heterocycles. The first-order chi connectivity index (χ1) is 8.33. The van der Waals surface area contributed by atoms with Gasteiger partial charge in [0.1, 0.15) is 0 Å². The number of hydrogen-bond acceptors (Lipinski definition) is 2. The summed E-state index contributed by atoms with van der Waals surface area (Å²) in [4.78, 5) is 0. The van der Waals surface area contributed by atoms with Crippen molar-refractivity contribution in [2.75, 3.05) is 13.1 Å². The Morgan fingerprint density at radius 3 is 2.71 bits per heavy atom. The highest BCUT2D eigenvalue weighted by Crippen LogP contribution is 2.23. The van der Waals surface area contributed by atoms with Gasteiger partial charge in [-0.15, -0.1) is 0 Å². The van der Waals surface area contributed by atoms with Gasteiger partial charge in [-0.2, -0.15) is 0 Å². The molecule has 2 rings (SSSR count). The first-order valence-corrected chi connectivity index (χ1v) is 6.19. The van der Waals surface area contributed by atoms with Crippen LogP contribution in [0.1, 0.15) is 25.0 Å². The quantitative estimate of drug-likeness (QED) is 0.773. The second-order valence-electron chi connectivity index (χ2n) is 4.29. The predicted octanol–water partition coefficient (Wildman–Crippen LogP) is 2.87. The Morgan fingerprint density at radius 1 is 1.12 bits per heavy atom. The van der Waals surface area contributed by atoms with E-state index in [1.165, 1.54) is 5.39 Å². The summed E-state index contributed by atoms with van der Waals surface area (Å²) in [5, 5.41) is 15.8. The minimum Gasteiger partial charge on any atom is -0.387 e. The second kappa shape index (κ2) is 5.80. The van der Waals surface area contributed by atoms with Gasteiger partial charge in [0, 0.05) is 6.54 Å². The maximum absolute atomic E-state index is 10.2. The van der Waals surface area contributed by atoms with Crippen molar-refractivity contribution in [3.63, 3.8) is 0 Å². The molecule has 17 heavy (non-hydrogen) atoms. The van der Waals surface area contributed by atoms with Crippen molar-refractivity contribution in [3.05, 3.63) is 48.0 Å². The van der Waals surface area contributed by atoms with Gasteiger partial charge in [-0.1, -0.05) is 49.4 Å². The molecule has 2 heteroatoms. The zero-order valence-electron chi connectivity index (χ0n) is 10.2. The van der Waals surface area contributed by atoms with Crippen molar-refractivity contribution in [1.82, 2.24) is 5.32 Å². The largest absolute Gasteiger partial charge is 0.387 e. The van der Waals surface area contributed by atoms with Crippen LogP contribution < -0.4 is 5.32 Å². The Hall–Kier alpha value is -1.38. The Balaban J connectivity index is 2.22. The lowest BCUT2D eigenvalue weighted by Gasteiger charge is -2.14. The van der Waals surface area contributed by atoms with Gasteiger partial charge in [0.15, 0.2) is 0 Å². The van der Waals surface area contributed by atoms with E-state index in [4.69, 9.17) is 0 Å². The smallest absolute Gasteiger partial charge is 0.0920 e. The van der Waals surface area contributed by atoms with E-state index >= 15 is 0 Å². The molecule has 2 nitrogen and oxygen atoms in total. The van der Waals surface area contributed by atoms with Gasteiger partial charge in [-0.3, -0.25) is 0 Å². The van der Waals surface area contributed by atoms with E-state index in [0.717, 1.165) is 23.9 Å². The number of fused-ring (bicyclic) bond motifs is 1. The zero-order chi connectivity index (χ0) is 12.1. The Morgan fingerprint density at radius 2 is 1.88 bits per heavy atom. The lowest BCUT2D eigenvalue weighted by atomic mass is 10.0. The molecule has 0 saturated carbocycles. The number of aliphatic hydroxyl groups excluding tert-OH is 1. The molecule has 1 atom stereocenters. The molecule has 0 saturated heterocycles. The molecule has 0 fully saturated rings. The normalized spacial score (nSPS) is 12.8. The van der Waals surface area contributed by atoms with Crippen molar-refractivity contribution in [2.45, 2.75) is 19.4 Å². The lowest BCUT2D eigenvalue weighted by Crippen LogP contribution is -2.22. The predicted molar refractivity (Wildman–Crippen MR) is 72.1 cm³/mol. The third kappa shape index (κ3) is 2.84. The van der Waals surface area contributed by atoms with Crippen LogP contribution in [0.3, 0.4) is 0 Å². The van der Waals surface area contributed by atoms with Crippen LogP contribution in [0.25, 0.3) is 10.8 Å². The molecule has 0 heterocycles. The monoisotopic (exact) mass is 229 g/mol. The van der Waals surface area contributed by atoms with Gasteiger partial charge >= 0.3 is 0 Å². The summed E-state index contributed by atoms with van der Waals surface area (Å²) in [5.41, 5.74) is 1.01. The third-order valence-corrected chi connectivity index (χ3v) is 2.95. The third-order valence-electron chi connectivity index (χ3n) is 2.95. The SMILES string of the molecule is CCCNC[C@@H](O)c1cccc2ccccc12. The molecular weight excluding hydrogens is 210 g/mol. The first kappa shape index (κ1) is 12.1. The average Bonchev–Trinajstić information content (AvgIpc) is 2.38. The minimum absolute atomic E-state index is 0.437. The fraction of sp³-hybridized carbons (Fsp3) is 0.333. The summed E-state index contributed by atoms with van der Waals surface area (Å²) in [5.74, 6) is 0.